The fraction of sp³-hybridized carbons (Fsp3) is 0. The van der Waals surface area contributed by atoms with E-state index in [0.717, 1.165) is 44.5 Å². The van der Waals surface area contributed by atoms with E-state index in [2.05, 4.69) is 14.8 Å². The second-order valence-corrected chi connectivity index (χ2v) is 10.4. The predicted molar refractivity (Wildman–Crippen MR) is 161 cm³/mol. The monoisotopic (exact) mass is 594 g/mol. The maximum atomic E-state index is 15.1. The van der Waals surface area contributed by atoms with Crippen LogP contribution in [0, 0.1) is 51.4 Å². The molecule has 0 atom stereocenters. The first-order valence-electron chi connectivity index (χ1n) is 13.0. The van der Waals surface area contributed by atoms with Crippen LogP contribution in [0.2, 0.25) is 0 Å². The summed E-state index contributed by atoms with van der Waals surface area (Å²) in [5.74, 6) is -4.30. The maximum absolute atomic E-state index is 15.1. The molecule has 0 aliphatic heterocycles. The van der Waals surface area contributed by atoms with Crippen molar-refractivity contribution in [3.63, 3.8) is 0 Å². The molecule has 44 heavy (non-hydrogen) atoms. The van der Waals surface area contributed by atoms with Crippen LogP contribution in [0.1, 0.15) is 16.7 Å². The Morgan fingerprint density at radius 1 is 0.614 bits per heavy atom. The summed E-state index contributed by atoms with van der Waals surface area (Å²) >= 11 is 1.09. The van der Waals surface area contributed by atoms with Crippen molar-refractivity contribution < 1.29 is 13.2 Å². The van der Waals surface area contributed by atoms with E-state index >= 15 is 8.78 Å². The summed E-state index contributed by atoms with van der Waals surface area (Å²) in [7, 11) is 0. The zero-order valence-corrected chi connectivity index (χ0v) is 23.0. The van der Waals surface area contributed by atoms with Gasteiger partial charge in [0.25, 0.3) is 0 Å². The minimum atomic E-state index is -1.53. The largest absolute Gasteiger partial charge is 0.247 e. The number of pyridine rings is 1. The number of benzene rings is 5. The molecule has 0 N–H and O–H groups in total. The summed E-state index contributed by atoms with van der Waals surface area (Å²) in [4.78, 5) is 5.00. The number of nitrogens with zero attached hydrogens (tertiary/aromatic N) is 6. The Labute approximate surface area is 251 Å². The second kappa shape index (κ2) is 10.3. The van der Waals surface area contributed by atoms with Gasteiger partial charge in [-0.2, -0.15) is 24.5 Å². The lowest BCUT2D eigenvalue weighted by Crippen LogP contribution is -2.03. The zero-order chi connectivity index (χ0) is 30.5. The van der Waals surface area contributed by atoms with Gasteiger partial charge in [-0.05, 0) is 41.0 Å². The van der Waals surface area contributed by atoms with Gasteiger partial charge in [0.2, 0.25) is 0 Å². The van der Waals surface area contributed by atoms with Crippen molar-refractivity contribution in [1.82, 2.24) is 13.7 Å². The van der Waals surface area contributed by atoms with Gasteiger partial charge in [-0.1, -0.05) is 54.6 Å². The Hall–Kier alpha value is -6.15. The molecule has 0 bridgehead atoms. The van der Waals surface area contributed by atoms with Gasteiger partial charge in [0.05, 0.1) is 40.1 Å². The van der Waals surface area contributed by atoms with Gasteiger partial charge in [-0.25, -0.2) is 18.2 Å². The molecule has 5 aromatic carbocycles. The van der Waals surface area contributed by atoms with Crippen LogP contribution in [0.3, 0.4) is 0 Å². The van der Waals surface area contributed by atoms with Gasteiger partial charge in [0, 0.05) is 21.7 Å². The fourth-order valence-electron chi connectivity index (χ4n) is 5.47. The highest BCUT2D eigenvalue weighted by Gasteiger charge is 2.26. The van der Waals surface area contributed by atoms with Crippen molar-refractivity contribution in [3.05, 3.63) is 113 Å². The van der Waals surface area contributed by atoms with Crippen LogP contribution < -0.4 is 0 Å². The highest BCUT2D eigenvalue weighted by Crippen LogP contribution is 2.39. The van der Waals surface area contributed by atoms with Crippen LogP contribution in [-0.4, -0.2) is 13.7 Å². The number of fused-ring (bicyclic) bond motifs is 5. The maximum Gasteiger partial charge on any atom is 0.164 e. The van der Waals surface area contributed by atoms with Crippen LogP contribution in [0.25, 0.3) is 66.2 Å². The Morgan fingerprint density at radius 3 is 1.98 bits per heavy atom. The molecule has 0 saturated carbocycles. The van der Waals surface area contributed by atoms with Gasteiger partial charge in [-0.15, -0.1) is 0 Å². The predicted octanol–water partition coefficient (Wildman–Crippen LogP) is 8.43. The van der Waals surface area contributed by atoms with E-state index in [0.29, 0.717) is 27.9 Å². The normalized spacial score (nSPS) is 11.0. The van der Waals surface area contributed by atoms with E-state index < -0.39 is 34.1 Å². The Balaban J connectivity index is 1.46. The molecule has 0 unspecified atom stereocenters. The van der Waals surface area contributed by atoms with Gasteiger partial charge in [-0.3, -0.25) is 0 Å². The van der Waals surface area contributed by atoms with E-state index in [-0.39, 0.29) is 5.56 Å². The average molecular weight is 595 g/mol. The summed E-state index contributed by atoms with van der Waals surface area (Å²) in [6.45, 7) is 0. The van der Waals surface area contributed by atoms with Crippen molar-refractivity contribution >= 4 is 44.4 Å². The first kappa shape index (κ1) is 26.7. The minimum Gasteiger partial charge on any atom is -0.247 e. The second-order valence-electron chi connectivity index (χ2n) is 9.84. The number of halogens is 3. The summed E-state index contributed by atoms with van der Waals surface area (Å²) < 4.78 is 53.5. The molecule has 7 aromatic rings. The molecule has 0 spiro atoms. The molecule has 6 nitrogen and oxygen atoms in total. The van der Waals surface area contributed by atoms with Crippen LogP contribution in [-0.2, 0) is 0 Å². The fourth-order valence-corrected chi connectivity index (χ4v) is 6.01. The molecule has 0 aliphatic rings. The molecule has 0 fully saturated rings. The van der Waals surface area contributed by atoms with Crippen molar-refractivity contribution in [2.24, 2.45) is 0 Å². The van der Waals surface area contributed by atoms with Crippen LogP contribution >= 0.6 is 11.7 Å². The first-order chi connectivity index (χ1) is 21.4. The van der Waals surface area contributed by atoms with Crippen molar-refractivity contribution in [1.29, 1.82) is 15.8 Å². The van der Waals surface area contributed by atoms with Crippen molar-refractivity contribution in [2.45, 2.75) is 0 Å². The number of nitriles is 3. The van der Waals surface area contributed by atoms with Crippen molar-refractivity contribution in [2.75, 3.05) is 0 Å². The Morgan fingerprint density at radius 2 is 1.27 bits per heavy atom. The highest BCUT2D eigenvalue weighted by molar-refractivity contribution is 7.00. The van der Waals surface area contributed by atoms with Gasteiger partial charge in [0.1, 0.15) is 34.3 Å². The molecule has 0 amide bonds. The lowest BCUT2D eigenvalue weighted by atomic mass is 9.94. The van der Waals surface area contributed by atoms with E-state index in [4.69, 9.17) is 4.98 Å². The molecule has 0 aliphatic carbocycles. The number of aromatic nitrogens is 3. The van der Waals surface area contributed by atoms with E-state index in [9.17, 15) is 20.2 Å². The lowest BCUT2D eigenvalue weighted by Gasteiger charge is -2.13. The van der Waals surface area contributed by atoms with Crippen molar-refractivity contribution in [3.8, 4) is 51.7 Å². The summed E-state index contributed by atoms with van der Waals surface area (Å²) in [5, 5.41) is 30.6. The Bertz CT molecular complexity index is 2430. The standard InChI is InChI=1S/C34H13F3N6S/c35-30-24(15-39)31(36)28(32(37)25(30)16-40)17-5-7-18(8-6-17)33-23-11-12-26-34(43-44-42-26)29(23)22-10-9-19(13-27(22)41-33)21-4-2-1-3-20(21)14-38/h1-13H. The third kappa shape index (κ3) is 3.96. The number of hydrogen-bond donors (Lipinski definition) is 0. The Kier molecular flexibility index (Phi) is 6.25. The minimum absolute atomic E-state index is 0.0170. The van der Waals surface area contributed by atoms with Gasteiger partial charge < -0.3 is 0 Å². The zero-order valence-electron chi connectivity index (χ0n) is 22.2. The summed E-state index contributed by atoms with van der Waals surface area (Å²) in [6, 6.07) is 27.9. The van der Waals surface area contributed by atoms with Crippen LogP contribution in [0.5, 0.6) is 0 Å². The third-order valence-electron chi connectivity index (χ3n) is 7.53. The van der Waals surface area contributed by atoms with E-state index in [1.807, 2.05) is 42.5 Å². The molecular formula is C34H13F3N6S. The molecule has 7 rings (SSSR count). The lowest BCUT2D eigenvalue weighted by molar-refractivity contribution is 0.539. The van der Waals surface area contributed by atoms with Gasteiger partial charge in [0.15, 0.2) is 17.5 Å². The average Bonchev–Trinajstić information content (AvgIpc) is 3.54. The van der Waals surface area contributed by atoms with E-state index in [1.54, 1.807) is 24.3 Å². The number of rotatable bonds is 3. The van der Waals surface area contributed by atoms with Crippen LogP contribution in [0.4, 0.5) is 13.2 Å². The molecule has 2 aromatic heterocycles. The first-order valence-corrected chi connectivity index (χ1v) is 13.8. The molecule has 206 valence electrons. The quantitative estimate of drug-likeness (QED) is 0.190. The summed E-state index contributed by atoms with van der Waals surface area (Å²) in [5.41, 5.74) is 2.60. The smallest absolute Gasteiger partial charge is 0.164 e. The third-order valence-corrected chi connectivity index (χ3v) is 8.07. The van der Waals surface area contributed by atoms with E-state index in [1.165, 1.54) is 24.3 Å². The molecule has 0 radical (unpaired) electrons. The van der Waals surface area contributed by atoms with Gasteiger partial charge >= 0.3 is 0 Å². The highest BCUT2D eigenvalue weighted by atomic mass is 32.1. The molecule has 10 heteroatoms. The van der Waals surface area contributed by atoms with Crippen LogP contribution in [0.15, 0.2) is 78.9 Å². The summed E-state index contributed by atoms with van der Waals surface area (Å²) in [6.07, 6.45) is 0. The molecular weight excluding hydrogens is 581 g/mol. The topological polar surface area (TPSA) is 110 Å². The SMILES string of the molecule is N#Cc1ccccc1-c1ccc2c(c1)nc(-c1ccc(-c3c(F)c(C#N)c(F)c(C#N)c3F)cc1)c1ccc3nsnc3c12. The molecule has 2 heterocycles. The number of hydrogen-bond acceptors (Lipinski definition) is 7. The molecule has 0 saturated heterocycles.